The summed E-state index contributed by atoms with van der Waals surface area (Å²) in [5.74, 6) is -2.78. The second kappa shape index (κ2) is 3.20. The molecule has 14 heavy (non-hydrogen) atoms. The van der Waals surface area contributed by atoms with Crippen molar-refractivity contribution in [3.63, 3.8) is 0 Å². The fraction of sp³-hybridized carbons (Fsp3) is 0.125. The predicted molar refractivity (Wildman–Crippen MR) is 48.2 cm³/mol. The number of carbonyl (C=O) groups is 1. The van der Waals surface area contributed by atoms with Crippen molar-refractivity contribution in [1.82, 2.24) is 0 Å². The first-order chi connectivity index (χ1) is 6.59. The second-order valence-corrected chi connectivity index (χ2v) is 3.55. The van der Waals surface area contributed by atoms with Crippen LogP contribution in [0, 0.1) is 11.6 Å². The Labute approximate surface area is 86.2 Å². The zero-order valence-electron chi connectivity index (χ0n) is 6.73. The summed E-state index contributed by atoms with van der Waals surface area (Å²) >= 11 is 2.82. The van der Waals surface area contributed by atoms with E-state index in [0.717, 1.165) is 0 Å². The Morgan fingerprint density at radius 2 is 2.14 bits per heavy atom. The summed E-state index contributed by atoms with van der Waals surface area (Å²) < 4.78 is 30.9. The second-order valence-electron chi connectivity index (χ2n) is 2.70. The van der Waals surface area contributed by atoms with E-state index in [1.165, 1.54) is 6.07 Å². The molecular weight excluding hydrogens is 260 g/mol. The maximum absolute atomic E-state index is 13.2. The van der Waals surface area contributed by atoms with Crippen molar-refractivity contribution in [3.8, 4) is 5.75 Å². The lowest BCUT2D eigenvalue weighted by Gasteiger charge is -2.18. The van der Waals surface area contributed by atoms with Crippen LogP contribution in [-0.4, -0.2) is 12.5 Å². The predicted octanol–water partition coefficient (Wildman–Crippen LogP) is 2.06. The highest BCUT2D eigenvalue weighted by Gasteiger charge is 2.24. The minimum Gasteiger partial charge on any atom is -0.478 e. The molecule has 0 bridgehead atoms. The van der Waals surface area contributed by atoms with Crippen LogP contribution in [0.25, 0.3) is 0 Å². The van der Waals surface area contributed by atoms with Gasteiger partial charge < -0.3 is 10.1 Å². The van der Waals surface area contributed by atoms with Crippen LogP contribution in [0.4, 0.5) is 14.5 Å². The van der Waals surface area contributed by atoms with E-state index >= 15 is 0 Å². The molecule has 0 atom stereocenters. The normalized spacial score (nSPS) is 14.4. The lowest BCUT2D eigenvalue weighted by molar-refractivity contribution is -0.118. The zero-order chi connectivity index (χ0) is 10.3. The Morgan fingerprint density at radius 3 is 2.86 bits per heavy atom. The molecule has 1 aromatic carbocycles. The van der Waals surface area contributed by atoms with Crippen LogP contribution in [0.1, 0.15) is 0 Å². The number of fused-ring (bicyclic) bond motifs is 1. The zero-order valence-corrected chi connectivity index (χ0v) is 8.32. The fourth-order valence-corrected chi connectivity index (χ4v) is 1.54. The van der Waals surface area contributed by atoms with Gasteiger partial charge >= 0.3 is 0 Å². The summed E-state index contributed by atoms with van der Waals surface area (Å²) in [5.41, 5.74) is 0.132. The number of benzene rings is 1. The maximum Gasteiger partial charge on any atom is 0.262 e. The van der Waals surface area contributed by atoms with Crippen LogP contribution in [0.3, 0.4) is 0 Å². The summed E-state index contributed by atoms with van der Waals surface area (Å²) in [6.45, 7) is -0.301. The highest BCUT2D eigenvalue weighted by Crippen LogP contribution is 2.36. The van der Waals surface area contributed by atoms with Gasteiger partial charge in [0, 0.05) is 0 Å². The Morgan fingerprint density at radius 1 is 1.43 bits per heavy atom. The molecule has 0 radical (unpaired) electrons. The number of anilines is 1. The van der Waals surface area contributed by atoms with Crippen LogP contribution >= 0.6 is 15.9 Å². The van der Waals surface area contributed by atoms with Gasteiger partial charge in [-0.05, 0) is 22.0 Å². The molecule has 0 aliphatic carbocycles. The summed E-state index contributed by atoms with van der Waals surface area (Å²) in [5, 5.41) is 2.37. The molecule has 6 heteroatoms. The number of carbonyl (C=O) groups excluding carboxylic acids is 1. The van der Waals surface area contributed by atoms with E-state index in [0.29, 0.717) is 0 Å². The standard InChI is InChI=1S/C8H4BrF2NO2/c9-3-1-4-8(7(11)6(3)10)14-2-5(13)12-4/h1H,2H2,(H,12,13). The van der Waals surface area contributed by atoms with E-state index in [9.17, 15) is 13.6 Å². The first-order valence-electron chi connectivity index (χ1n) is 3.69. The molecule has 0 saturated heterocycles. The fourth-order valence-electron chi connectivity index (χ4n) is 1.14. The molecule has 0 unspecified atom stereocenters. The topological polar surface area (TPSA) is 38.3 Å². The smallest absolute Gasteiger partial charge is 0.262 e. The largest absolute Gasteiger partial charge is 0.478 e. The number of amides is 1. The lowest BCUT2D eigenvalue weighted by atomic mass is 10.2. The van der Waals surface area contributed by atoms with Crippen LogP contribution in [0.15, 0.2) is 10.5 Å². The Kier molecular flexibility index (Phi) is 2.14. The van der Waals surface area contributed by atoms with Crippen LogP contribution in [-0.2, 0) is 4.79 Å². The SMILES string of the molecule is O=C1COc2c(cc(Br)c(F)c2F)N1. The first kappa shape index (κ1) is 9.39. The molecule has 1 amide bonds. The van der Waals surface area contributed by atoms with Crippen LogP contribution < -0.4 is 10.1 Å². The lowest BCUT2D eigenvalue weighted by Crippen LogP contribution is -2.26. The minimum atomic E-state index is -1.10. The number of halogens is 3. The maximum atomic E-state index is 13.2. The summed E-state index contributed by atoms with van der Waals surface area (Å²) in [7, 11) is 0. The van der Waals surface area contributed by atoms with E-state index in [1.807, 2.05) is 0 Å². The third kappa shape index (κ3) is 1.35. The minimum absolute atomic E-state index is 0.0560. The average molecular weight is 264 g/mol. The van der Waals surface area contributed by atoms with E-state index in [-0.39, 0.29) is 22.5 Å². The molecule has 2 rings (SSSR count). The van der Waals surface area contributed by atoms with E-state index in [4.69, 9.17) is 4.74 Å². The van der Waals surface area contributed by atoms with Gasteiger partial charge in [0.05, 0.1) is 10.2 Å². The van der Waals surface area contributed by atoms with Crippen LogP contribution in [0.2, 0.25) is 0 Å². The van der Waals surface area contributed by atoms with Crippen molar-refractivity contribution in [2.24, 2.45) is 0 Å². The molecule has 1 aliphatic rings. The van der Waals surface area contributed by atoms with Gasteiger partial charge in [-0.15, -0.1) is 0 Å². The summed E-state index contributed by atoms with van der Waals surface area (Å²) in [4.78, 5) is 10.9. The number of ether oxygens (including phenoxy) is 1. The van der Waals surface area contributed by atoms with Crippen molar-refractivity contribution in [1.29, 1.82) is 0 Å². The quantitative estimate of drug-likeness (QED) is 0.728. The Balaban J connectivity index is 2.59. The first-order valence-corrected chi connectivity index (χ1v) is 4.49. The van der Waals surface area contributed by atoms with Crippen molar-refractivity contribution in [2.45, 2.75) is 0 Å². The van der Waals surface area contributed by atoms with E-state index in [1.54, 1.807) is 0 Å². The van der Waals surface area contributed by atoms with Gasteiger partial charge in [-0.25, -0.2) is 4.39 Å². The molecule has 1 aromatic rings. The molecule has 0 fully saturated rings. The van der Waals surface area contributed by atoms with Gasteiger partial charge in [0.2, 0.25) is 5.82 Å². The third-order valence-corrected chi connectivity index (χ3v) is 2.32. The number of nitrogens with one attached hydrogen (secondary N) is 1. The molecule has 0 spiro atoms. The van der Waals surface area contributed by atoms with Crippen molar-refractivity contribution < 1.29 is 18.3 Å². The number of hydrogen-bond donors (Lipinski definition) is 1. The van der Waals surface area contributed by atoms with E-state index in [2.05, 4.69) is 21.2 Å². The summed E-state index contributed by atoms with van der Waals surface area (Å²) in [6.07, 6.45) is 0. The van der Waals surface area contributed by atoms with Gasteiger partial charge in [-0.1, -0.05) is 0 Å². The molecule has 0 aromatic heterocycles. The third-order valence-electron chi connectivity index (χ3n) is 1.74. The van der Waals surface area contributed by atoms with Crippen LogP contribution in [0.5, 0.6) is 5.75 Å². The molecule has 3 nitrogen and oxygen atoms in total. The molecule has 74 valence electrons. The van der Waals surface area contributed by atoms with Gasteiger partial charge in [0.1, 0.15) is 0 Å². The van der Waals surface area contributed by atoms with Crippen molar-refractivity contribution in [3.05, 3.63) is 22.2 Å². The monoisotopic (exact) mass is 263 g/mol. The molecular formula is C8H4BrF2NO2. The van der Waals surface area contributed by atoms with Crippen molar-refractivity contribution in [2.75, 3.05) is 11.9 Å². The molecule has 1 N–H and O–H groups in total. The van der Waals surface area contributed by atoms with Gasteiger partial charge in [-0.3, -0.25) is 4.79 Å². The average Bonchev–Trinajstić information content (AvgIpc) is 2.14. The Bertz CT molecular complexity index is 422. The van der Waals surface area contributed by atoms with Gasteiger partial charge in [0.15, 0.2) is 18.2 Å². The summed E-state index contributed by atoms with van der Waals surface area (Å²) in [6, 6.07) is 1.25. The van der Waals surface area contributed by atoms with Gasteiger partial charge in [-0.2, -0.15) is 4.39 Å². The molecule has 1 heterocycles. The number of rotatable bonds is 0. The number of hydrogen-bond acceptors (Lipinski definition) is 2. The highest BCUT2D eigenvalue weighted by molar-refractivity contribution is 9.10. The van der Waals surface area contributed by atoms with E-state index < -0.39 is 17.5 Å². The highest BCUT2D eigenvalue weighted by atomic mass is 79.9. The van der Waals surface area contributed by atoms with Crippen molar-refractivity contribution >= 4 is 27.5 Å². The molecule has 0 saturated carbocycles. The van der Waals surface area contributed by atoms with Gasteiger partial charge in [0.25, 0.3) is 5.91 Å². The molecule has 1 aliphatic heterocycles. The Hall–Kier alpha value is -1.17.